The largest absolute Gasteiger partial charge is 0.491 e. The maximum atomic E-state index is 13.3. The molecule has 48 heavy (non-hydrogen) atoms. The molecular formula is C38H54ClN3O5S. The summed E-state index contributed by atoms with van der Waals surface area (Å²) < 4.78 is 22.3. The van der Waals surface area contributed by atoms with Crippen LogP contribution in [-0.2, 0) is 22.2 Å². The highest BCUT2D eigenvalue weighted by molar-refractivity contribution is 7.84. The molecule has 1 amide bonds. The molecule has 1 saturated carbocycles. The number of allylic oxidation sites excluding steroid dienone is 1. The van der Waals surface area contributed by atoms with Crippen LogP contribution in [0.5, 0.6) is 5.75 Å². The van der Waals surface area contributed by atoms with Gasteiger partial charge in [-0.05, 0) is 113 Å². The molecule has 1 aliphatic carbocycles. The molecule has 2 N–H and O–H groups in total. The minimum Gasteiger partial charge on any atom is -0.491 e. The van der Waals surface area contributed by atoms with Crippen molar-refractivity contribution in [3.63, 3.8) is 0 Å². The number of amides is 1. The maximum absolute atomic E-state index is 13.3. The van der Waals surface area contributed by atoms with E-state index in [4.69, 9.17) is 16.3 Å². The number of ether oxygens (including phenoxy) is 1. The van der Waals surface area contributed by atoms with Gasteiger partial charge in [0.2, 0.25) is 0 Å². The van der Waals surface area contributed by atoms with Gasteiger partial charge in [-0.1, -0.05) is 57.0 Å². The first kappa shape index (κ1) is 38.1. The average molecular weight is 700 g/mol. The number of aryl methyl sites for hydroxylation is 1. The molecule has 264 valence electrons. The fourth-order valence-corrected chi connectivity index (χ4v) is 8.19. The van der Waals surface area contributed by atoms with Gasteiger partial charge in [0.05, 0.1) is 23.1 Å². The van der Waals surface area contributed by atoms with Gasteiger partial charge < -0.3 is 24.4 Å². The van der Waals surface area contributed by atoms with Crippen molar-refractivity contribution in [2.45, 2.75) is 76.6 Å². The predicted molar refractivity (Wildman–Crippen MR) is 196 cm³/mol. The number of aliphatic hydroxyl groups is 1. The summed E-state index contributed by atoms with van der Waals surface area (Å²) in [7, 11) is 4.39. The number of carbonyl (C=O) groups excluding carboxylic acids is 2. The Morgan fingerprint density at radius 3 is 2.54 bits per heavy atom. The number of fused-ring (bicyclic) bond motifs is 2. The summed E-state index contributed by atoms with van der Waals surface area (Å²) in [4.78, 5) is 29.7. The number of rotatable bonds is 5. The molecule has 2 bridgehead atoms. The number of hydrogen-bond acceptors (Lipinski definition) is 7. The van der Waals surface area contributed by atoms with Crippen LogP contribution in [0.2, 0.25) is 5.02 Å². The van der Waals surface area contributed by atoms with E-state index < -0.39 is 22.5 Å². The van der Waals surface area contributed by atoms with Crippen molar-refractivity contribution in [2.75, 3.05) is 45.7 Å². The van der Waals surface area contributed by atoms with Crippen LogP contribution in [-0.4, -0.2) is 78.1 Å². The van der Waals surface area contributed by atoms with Gasteiger partial charge in [0.15, 0.2) is 0 Å². The van der Waals surface area contributed by atoms with Crippen molar-refractivity contribution in [1.82, 2.24) is 9.62 Å². The van der Waals surface area contributed by atoms with E-state index in [0.717, 1.165) is 37.7 Å². The first-order valence-corrected chi connectivity index (χ1v) is 18.9. The quantitative estimate of drug-likeness (QED) is 0.275. The zero-order valence-corrected chi connectivity index (χ0v) is 31.2. The lowest BCUT2D eigenvalue weighted by Crippen LogP contribution is -2.53. The molecule has 8 atom stereocenters. The number of hydrogen-bond donors (Lipinski definition) is 2. The molecule has 0 aromatic heterocycles. The van der Waals surface area contributed by atoms with E-state index in [1.54, 1.807) is 13.0 Å². The number of nitrogens with zero attached hydrogens (tertiary/aromatic N) is 2. The molecule has 1 fully saturated rings. The predicted octanol–water partition coefficient (Wildman–Crippen LogP) is 6.42. The molecule has 0 spiro atoms. The van der Waals surface area contributed by atoms with Crippen LogP contribution in [0.1, 0.15) is 80.8 Å². The smallest absolute Gasteiger partial charge is 0.263 e. The van der Waals surface area contributed by atoms with Gasteiger partial charge in [-0.2, -0.15) is 0 Å². The number of benzene rings is 2. The number of aldehydes is 1. The molecular weight excluding hydrogens is 646 g/mol. The SMILES string of the molecule is CCCc1cc(Cl)ccc1C1COc2ccc3cc2N(C1)CC1CCC1C(O)([C@H](C)C=O)/C=C/CC(C)C(C)S(=O)NC3=O.CN(C)C. The molecule has 8 nitrogen and oxygen atoms in total. The third-order valence-corrected chi connectivity index (χ3v) is 11.9. The lowest BCUT2D eigenvalue weighted by molar-refractivity contribution is -0.125. The van der Waals surface area contributed by atoms with E-state index in [2.05, 4.69) is 22.6 Å². The van der Waals surface area contributed by atoms with Crippen molar-refractivity contribution in [2.24, 2.45) is 23.7 Å². The summed E-state index contributed by atoms with van der Waals surface area (Å²) in [5, 5.41) is 12.5. The van der Waals surface area contributed by atoms with Gasteiger partial charge in [-0.25, -0.2) is 4.21 Å². The van der Waals surface area contributed by atoms with Crippen LogP contribution >= 0.6 is 11.6 Å². The van der Waals surface area contributed by atoms with Crippen molar-refractivity contribution in [3.05, 3.63) is 70.3 Å². The van der Waals surface area contributed by atoms with Crippen LogP contribution in [0.15, 0.2) is 48.6 Å². The van der Waals surface area contributed by atoms with E-state index in [1.165, 1.54) is 11.1 Å². The third-order valence-electron chi connectivity index (χ3n) is 10.1. The van der Waals surface area contributed by atoms with Crippen LogP contribution in [0.4, 0.5) is 5.69 Å². The highest BCUT2D eigenvalue weighted by Gasteiger charge is 2.49. The molecule has 10 heteroatoms. The summed E-state index contributed by atoms with van der Waals surface area (Å²) in [5.74, 6) is -0.211. The van der Waals surface area contributed by atoms with Crippen molar-refractivity contribution in [1.29, 1.82) is 0 Å². The summed E-state index contributed by atoms with van der Waals surface area (Å²) >= 11 is 6.40. The maximum Gasteiger partial charge on any atom is 0.263 e. The first-order chi connectivity index (χ1) is 22.8. The first-order valence-electron chi connectivity index (χ1n) is 17.3. The Bertz CT molecular complexity index is 1480. The molecule has 2 aromatic carbocycles. The topological polar surface area (TPSA) is 99.2 Å². The summed E-state index contributed by atoms with van der Waals surface area (Å²) in [6.45, 7) is 9.54. The summed E-state index contributed by atoms with van der Waals surface area (Å²) in [6, 6.07) is 11.5. The fourth-order valence-electron chi connectivity index (χ4n) is 6.97. The zero-order chi connectivity index (χ0) is 35.2. The van der Waals surface area contributed by atoms with E-state index in [-0.39, 0.29) is 34.8 Å². The van der Waals surface area contributed by atoms with Crippen LogP contribution in [0, 0.1) is 23.7 Å². The molecule has 3 aliphatic rings. The number of carbonyl (C=O) groups is 2. The van der Waals surface area contributed by atoms with E-state index in [1.807, 2.05) is 76.3 Å². The number of anilines is 1. The minimum atomic E-state index is -1.61. The van der Waals surface area contributed by atoms with Gasteiger partial charge >= 0.3 is 0 Å². The monoisotopic (exact) mass is 699 g/mol. The Hall–Kier alpha value is -2.72. The van der Waals surface area contributed by atoms with Crippen molar-refractivity contribution < 1.29 is 23.6 Å². The Balaban J connectivity index is 0.00000123. The minimum absolute atomic E-state index is 0.0217. The van der Waals surface area contributed by atoms with E-state index in [9.17, 15) is 18.9 Å². The zero-order valence-electron chi connectivity index (χ0n) is 29.6. The molecule has 0 saturated heterocycles. The summed E-state index contributed by atoms with van der Waals surface area (Å²) in [6.07, 6.45) is 8.80. The molecule has 5 rings (SSSR count). The number of halogens is 1. The molecule has 0 radical (unpaired) electrons. The molecule has 2 aliphatic heterocycles. The van der Waals surface area contributed by atoms with Crippen LogP contribution < -0.4 is 14.4 Å². The lowest BCUT2D eigenvalue weighted by atomic mass is 9.61. The second kappa shape index (κ2) is 16.8. The van der Waals surface area contributed by atoms with Gasteiger partial charge in [0.1, 0.15) is 23.0 Å². The third kappa shape index (κ3) is 8.89. The molecule has 2 heterocycles. The summed E-state index contributed by atoms with van der Waals surface area (Å²) in [5.41, 5.74) is 2.35. The fraction of sp³-hybridized carbons (Fsp3) is 0.579. The van der Waals surface area contributed by atoms with Gasteiger partial charge in [0, 0.05) is 35.5 Å². The van der Waals surface area contributed by atoms with E-state index in [0.29, 0.717) is 42.5 Å². The lowest BCUT2D eigenvalue weighted by Gasteiger charge is -2.49. The van der Waals surface area contributed by atoms with Gasteiger partial charge in [0.25, 0.3) is 5.91 Å². The second-order valence-corrected chi connectivity index (χ2v) is 16.3. The Labute approximate surface area is 294 Å². The second-order valence-electron chi connectivity index (χ2n) is 14.3. The Kier molecular flexibility index (Phi) is 13.3. The van der Waals surface area contributed by atoms with Crippen molar-refractivity contribution >= 4 is 40.5 Å². The normalized spacial score (nSPS) is 30.3. The van der Waals surface area contributed by atoms with Crippen molar-refractivity contribution in [3.8, 4) is 5.75 Å². The highest BCUT2D eigenvalue weighted by Crippen LogP contribution is 2.48. The van der Waals surface area contributed by atoms with E-state index >= 15 is 0 Å². The van der Waals surface area contributed by atoms with Crippen LogP contribution in [0.25, 0.3) is 0 Å². The standard InChI is InChI=1S/C35H45ClN2O5S.C3H9N/c1-5-7-25-16-29(36)11-12-30(25)28-19-38-18-27-9-13-31(27)35(41,23(3)20-39)15-6-8-22(2)24(4)44(42)37-34(40)26-10-14-33(43-21-28)32(38)17-26;1-4(2)3/h6,10-12,14-17,20,22-24,27-28,31,41H,5,7-9,13,18-19,21H2,1-4H3,(H,37,40);1-3H3/b15-6+;/t22?,23-,24?,27?,28?,31?,35?,44?;/m1./s1. The average Bonchev–Trinajstić information content (AvgIpc) is 3.20. The molecule has 7 unspecified atom stereocenters. The van der Waals surface area contributed by atoms with Gasteiger partial charge in [-0.15, -0.1) is 0 Å². The Morgan fingerprint density at radius 1 is 1.17 bits per heavy atom. The van der Waals surface area contributed by atoms with Crippen LogP contribution in [0.3, 0.4) is 0 Å². The Morgan fingerprint density at radius 2 is 1.90 bits per heavy atom. The molecule has 2 aromatic rings. The van der Waals surface area contributed by atoms with Gasteiger partial charge in [-0.3, -0.25) is 9.52 Å². The highest BCUT2D eigenvalue weighted by atomic mass is 35.5. The number of nitrogens with one attached hydrogen (secondary N) is 1.